The van der Waals surface area contributed by atoms with Gasteiger partial charge in [0.2, 0.25) is 5.88 Å². The number of aromatic amines is 1. The molecule has 0 unspecified atom stereocenters. The van der Waals surface area contributed by atoms with Gasteiger partial charge in [0, 0.05) is 30.1 Å². The molecule has 1 fully saturated rings. The maximum Gasteiger partial charge on any atom is 0.272 e. The van der Waals surface area contributed by atoms with E-state index >= 15 is 0 Å². The molecule has 2 aromatic heterocycles. The summed E-state index contributed by atoms with van der Waals surface area (Å²) in [4.78, 5) is 16.8. The van der Waals surface area contributed by atoms with Crippen LogP contribution in [-0.2, 0) is 19.4 Å². The normalized spacial score (nSPS) is 17.3. The Morgan fingerprint density at radius 3 is 2.96 bits per heavy atom. The van der Waals surface area contributed by atoms with E-state index in [0.717, 1.165) is 55.3 Å². The molecule has 0 radical (unpaired) electrons. The predicted octanol–water partition coefficient (Wildman–Crippen LogP) is 2.93. The Hall–Kier alpha value is -2.37. The number of pyridine rings is 1. The zero-order valence-corrected chi connectivity index (χ0v) is 14.4. The molecule has 0 aromatic carbocycles. The molecule has 2 aliphatic rings. The van der Waals surface area contributed by atoms with Crippen molar-refractivity contribution in [1.82, 2.24) is 20.5 Å². The SMILES string of the molecule is O=C(NCc1ccnc(OC2CCCC2)c1)c1n[nH]c2c1CCCC2. The number of hydrogen-bond acceptors (Lipinski definition) is 4. The van der Waals surface area contributed by atoms with Gasteiger partial charge in [-0.15, -0.1) is 0 Å². The largest absolute Gasteiger partial charge is 0.474 e. The molecule has 6 heteroatoms. The lowest BCUT2D eigenvalue weighted by Gasteiger charge is -2.13. The van der Waals surface area contributed by atoms with Gasteiger partial charge < -0.3 is 10.1 Å². The number of fused-ring (bicyclic) bond motifs is 1. The molecule has 6 nitrogen and oxygen atoms in total. The highest BCUT2D eigenvalue weighted by atomic mass is 16.5. The van der Waals surface area contributed by atoms with Gasteiger partial charge in [0.15, 0.2) is 5.69 Å². The number of nitrogens with one attached hydrogen (secondary N) is 2. The number of hydrogen-bond donors (Lipinski definition) is 2. The quantitative estimate of drug-likeness (QED) is 0.877. The van der Waals surface area contributed by atoms with Crippen molar-refractivity contribution in [2.45, 2.75) is 64.0 Å². The lowest BCUT2D eigenvalue weighted by molar-refractivity contribution is 0.0944. The molecular weight excluding hydrogens is 316 g/mol. The van der Waals surface area contributed by atoms with Crippen molar-refractivity contribution in [1.29, 1.82) is 0 Å². The maximum absolute atomic E-state index is 12.5. The Morgan fingerprint density at radius 1 is 1.24 bits per heavy atom. The summed E-state index contributed by atoms with van der Waals surface area (Å²) in [6.07, 6.45) is 10.9. The van der Waals surface area contributed by atoms with Crippen LogP contribution in [0, 0.1) is 0 Å². The first-order chi connectivity index (χ1) is 12.3. The Bertz CT molecular complexity index is 750. The van der Waals surface area contributed by atoms with Gasteiger partial charge >= 0.3 is 0 Å². The number of ether oxygens (including phenoxy) is 1. The van der Waals surface area contributed by atoms with Crippen molar-refractivity contribution >= 4 is 5.91 Å². The van der Waals surface area contributed by atoms with Gasteiger partial charge in [-0.05, 0) is 63.0 Å². The molecular formula is C19H24N4O2. The number of rotatable bonds is 5. The van der Waals surface area contributed by atoms with E-state index in [1.165, 1.54) is 12.8 Å². The molecule has 2 heterocycles. The molecule has 0 atom stereocenters. The van der Waals surface area contributed by atoms with Crippen LogP contribution < -0.4 is 10.1 Å². The molecule has 4 rings (SSSR count). The van der Waals surface area contributed by atoms with E-state index < -0.39 is 0 Å². The summed E-state index contributed by atoms with van der Waals surface area (Å²) in [7, 11) is 0. The second-order valence-corrected chi connectivity index (χ2v) is 6.95. The first-order valence-corrected chi connectivity index (χ1v) is 9.25. The molecule has 132 valence electrons. The number of amides is 1. The molecule has 1 amide bonds. The van der Waals surface area contributed by atoms with E-state index in [0.29, 0.717) is 18.1 Å². The number of H-pyrrole nitrogens is 1. The van der Waals surface area contributed by atoms with Crippen LogP contribution in [-0.4, -0.2) is 27.2 Å². The minimum Gasteiger partial charge on any atom is -0.474 e. The van der Waals surface area contributed by atoms with Crippen LogP contribution in [0.15, 0.2) is 18.3 Å². The molecule has 1 saturated carbocycles. The molecule has 2 aromatic rings. The monoisotopic (exact) mass is 340 g/mol. The summed E-state index contributed by atoms with van der Waals surface area (Å²) >= 11 is 0. The fraction of sp³-hybridized carbons (Fsp3) is 0.526. The Kier molecular flexibility index (Phi) is 4.68. The molecule has 25 heavy (non-hydrogen) atoms. The smallest absolute Gasteiger partial charge is 0.272 e. The highest BCUT2D eigenvalue weighted by molar-refractivity contribution is 5.94. The maximum atomic E-state index is 12.5. The molecule has 0 spiro atoms. The summed E-state index contributed by atoms with van der Waals surface area (Å²) in [5.74, 6) is 0.533. The number of nitrogens with zero attached hydrogens (tertiary/aromatic N) is 2. The number of carbonyl (C=O) groups is 1. The summed E-state index contributed by atoms with van der Waals surface area (Å²) in [6.45, 7) is 0.448. The molecule has 0 saturated heterocycles. The van der Waals surface area contributed by atoms with Crippen LogP contribution in [0.5, 0.6) is 5.88 Å². The standard InChI is InChI=1S/C19H24N4O2/c24-19(18-15-7-3-4-8-16(15)22-23-18)21-12-13-9-10-20-17(11-13)25-14-5-1-2-6-14/h9-11,14H,1-8,12H2,(H,21,24)(H,22,23). The highest BCUT2D eigenvalue weighted by Gasteiger charge is 2.21. The fourth-order valence-corrected chi connectivity index (χ4v) is 3.74. The molecule has 0 aliphatic heterocycles. The highest BCUT2D eigenvalue weighted by Crippen LogP contribution is 2.24. The number of carbonyl (C=O) groups excluding carboxylic acids is 1. The van der Waals surface area contributed by atoms with Crippen LogP contribution in [0.3, 0.4) is 0 Å². The van der Waals surface area contributed by atoms with Gasteiger partial charge in [-0.25, -0.2) is 4.98 Å². The first kappa shape index (κ1) is 16.1. The molecule has 2 N–H and O–H groups in total. The van der Waals surface area contributed by atoms with Crippen LogP contribution >= 0.6 is 0 Å². The van der Waals surface area contributed by atoms with Crippen LogP contribution in [0.2, 0.25) is 0 Å². The zero-order chi connectivity index (χ0) is 17.1. The zero-order valence-electron chi connectivity index (χ0n) is 14.4. The van der Waals surface area contributed by atoms with Gasteiger partial charge in [0.1, 0.15) is 6.10 Å². The van der Waals surface area contributed by atoms with E-state index in [1.54, 1.807) is 6.20 Å². The third kappa shape index (κ3) is 3.67. The average molecular weight is 340 g/mol. The van der Waals surface area contributed by atoms with Crippen LogP contribution in [0.1, 0.15) is 65.8 Å². The van der Waals surface area contributed by atoms with Crippen LogP contribution in [0.4, 0.5) is 0 Å². The first-order valence-electron chi connectivity index (χ1n) is 9.25. The Labute approximate surface area is 147 Å². The van der Waals surface area contributed by atoms with Crippen molar-refractivity contribution < 1.29 is 9.53 Å². The van der Waals surface area contributed by atoms with Gasteiger partial charge in [0.25, 0.3) is 5.91 Å². The van der Waals surface area contributed by atoms with Crippen molar-refractivity contribution in [3.8, 4) is 5.88 Å². The van der Waals surface area contributed by atoms with Gasteiger partial charge in [-0.3, -0.25) is 9.89 Å². The average Bonchev–Trinajstić information content (AvgIpc) is 3.29. The fourth-order valence-electron chi connectivity index (χ4n) is 3.74. The van der Waals surface area contributed by atoms with E-state index in [1.807, 2.05) is 12.1 Å². The van der Waals surface area contributed by atoms with Gasteiger partial charge in [0.05, 0.1) is 0 Å². The van der Waals surface area contributed by atoms with E-state index in [2.05, 4.69) is 20.5 Å². The second-order valence-electron chi connectivity index (χ2n) is 6.95. The van der Waals surface area contributed by atoms with Crippen molar-refractivity contribution in [2.75, 3.05) is 0 Å². The second kappa shape index (κ2) is 7.25. The van der Waals surface area contributed by atoms with Gasteiger partial charge in [-0.2, -0.15) is 5.10 Å². The minimum atomic E-state index is -0.116. The lowest BCUT2D eigenvalue weighted by Crippen LogP contribution is -2.24. The summed E-state index contributed by atoms with van der Waals surface area (Å²) < 4.78 is 5.93. The van der Waals surface area contributed by atoms with E-state index in [4.69, 9.17) is 4.74 Å². The number of aromatic nitrogens is 3. The van der Waals surface area contributed by atoms with Crippen molar-refractivity contribution in [3.63, 3.8) is 0 Å². The predicted molar refractivity (Wildman–Crippen MR) is 93.5 cm³/mol. The van der Waals surface area contributed by atoms with Crippen LogP contribution in [0.25, 0.3) is 0 Å². The topological polar surface area (TPSA) is 79.9 Å². The molecule has 0 bridgehead atoms. The summed E-state index contributed by atoms with van der Waals surface area (Å²) in [6, 6.07) is 3.82. The summed E-state index contributed by atoms with van der Waals surface area (Å²) in [5, 5.41) is 10.2. The Morgan fingerprint density at radius 2 is 2.08 bits per heavy atom. The Balaban J connectivity index is 1.37. The third-order valence-electron chi connectivity index (χ3n) is 5.11. The van der Waals surface area contributed by atoms with Crippen molar-refractivity contribution in [2.24, 2.45) is 0 Å². The van der Waals surface area contributed by atoms with Crippen molar-refractivity contribution in [3.05, 3.63) is 40.8 Å². The van der Waals surface area contributed by atoms with E-state index in [-0.39, 0.29) is 12.0 Å². The van der Waals surface area contributed by atoms with E-state index in [9.17, 15) is 4.79 Å². The molecule has 2 aliphatic carbocycles. The third-order valence-corrected chi connectivity index (χ3v) is 5.11. The summed E-state index contributed by atoms with van der Waals surface area (Å²) in [5.41, 5.74) is 3.74. The van der Waals surface area contributed by atoms with Gasteiger partial charge in [-0.1, -0.05) is 0 Å². The lowest BCUT2D eigenvalue weighted by atomic mass is 9.96. The minimum absolute atomic E-state index is 0.116. The number of aryl methyl sites for hydroxylation is 1.